The van der Waals surface area contributed by atoms with E-state index < -0.39 is 5.91 Å². The topological polar surface area (TPSA) is 105 Å². The molecule has 168 valence electrons. The van der Waals surface area contributed by atoms with Gasteiger partial charge in [0.2, 0.25) is 5.91 Å². The Balaban J connectivity index is 1.65. The largest absolute Gasteiger partial charge is 0.366 e. The van der Waals surface area contributed by atoms with Gasteiger partial charge in [0.15, 0.2) is 0 Å². The van der Waals surface area contributed by atoms with Gasteiger partial charge in [0.05, 0.1) is 11.2 Å². The minimum absolute atomic E-state index is 0.131. The van der Waals surface area contributed by atoms with Crippen molar-refractivity contribution in [3.05, 3.63) is 88.3 Å². The van der Waals surface area contributed by atoms with Crippen LogP contribution in [0.25, 0.3) is 22.2 Å². The van der Waals surface area contributed by atoms with Crippen LogP contribution in [0.1, 0.15) is 28.9 Å². The molecule has 7 nitrogen and oxygen atoms in total. The van der Waals surface area contributed by atoms with Crippen LogP contribution in [0.5, 0.6) is 0 Å². The molecule has 0 saturated heterocycles. The predicted octanol–water partition coefficient (Wildman–Crippen LogP) is 4.12. The molecule has 0 unspecified atom stereocenters. The Labute approximate surface area is 196 Å². The van der Waals surface area contributed by atoms with E-state index in [9.17, 15) is 14.9 Å². The van der Waals surface area contributed by atoms with E-state index in [0.29, 0.717) is 33.9 Å². The molecule has 5 rings (SSSR count). The third kappa shape index (κ3) is 4.02. The number of nitriles is 1. The summed E-state index contributed by atoms with van der Waals surface area (Å²) in [7, 11) is 1.71. The van der Waals surface area contributed by atoms with E-state index in [-0.39, 0.29) is 5.56 Å². The summed E-state index contributed by atoms with van der Waals surface area (Å²) >= 11 is 0. The number of primary amides is 1. The van der Waals surface area contributed by atoms with Crippen molar-refractivity contribution in [3.8, 4) is 17.2 Å². The van der Waals surface area contributed by atoms with Crippen LogP contribution in [-0.4, -0.2) is 22.0 Å². The summed E-state index contributed by atoms with van der Waals surface area (Å²) in [6, 6.07) is 22.4. The Morgan fingerprint density at radius 2 is 1.88 bits per heavy atom. The van der Waals surface area contributed by atoms with E-state index in [0.717, 1.165) is 36.2 Å². The first-order chi connectivity index (χ1) is 16.4. The molecule has 2 heterocycles. The van der Waals surface area contributed by atoms with Crippen molar-refractivity contribution in [1.29, 1.82) is 5.26 Å². The maximum absolute atomic E-state index is 12.8. The van der Waals surface area contributed by atoms with Crippen LogP contribution in [-0.2, 0) is 7.05 Å². The molecule has 7 heteroatoms. The Morgan fingerprint density at radius 3 is 2.56 bits per heavy atom. The van der Waals surface area contributed by atoms with Crippen LogP contribution in [0.2, 0.25) is 0 Å². The Bertz CT molecular complexity index is 1510. The zero-order valence-electron chi connectivity index (χ0n) is 18.7. The third-order valence-corrected chi connectivity index (χ3v) is 6.27. The predicted molar refractivity (Wildman–Crippen MR) is 132 cm³/mol. The number of carbonyl (C=O) groups is 1. The van der Waals surface area contributed by atoms with E-state index in [1.807, 2.05) is 30.3 Å². The molecular formula is C27H23N5O2. The van der Waals surface area contributed by atoms with Gasteiger partial charge in [0.25, 0.3) is 5.56 Å². The first kappa shape index (κ1) is 21.4. The molecule has 1 saturated carbocycles. The van der Waals surface area contributed by atoms with Crippen LogP contribution in [0.15, 0.2) is 71.5 Å². The highest BCUT2D eigenvalue weighted by Gasteiger charge is 2.27. The number of amides is 1. The summed E-state index contributed by atoms with van der Waals surface area (Å²) in [5.74, 6) is 0.0782. The first-order valence-electron chi connectivity index (χ1n) is 11.1. The average Bonchev–Trinajstić information content (AvgIpc) is 3.69. The van der Waals surface area contributed by atoms with E-state index >= 15 is 0 Å². The fraction of sp³-hybridized carbons (Fsp3) is 0.185. The van der Waals surface area contributed by atoms with Crippen molar-refractivity contribution in [1.82, 2.24) is 9.55 Å². The van der Waals surface area contributed by atoms with Gasteiger partial charge >= 0.3 is 0 Å². The fourth-order valence-corrected chi connectivity index (χ4v) is 4.16. The second-order valence-corrected chi connectivity index (χ2v) is 8.65. The summed E-state index contributed by atoms with van der Waals surface area (Å²) in [5.41, 5.74) is 10.9. The molecule has 1 aliphatic carbocycles. The summed E-state index contributed by atoms with van der Waals surface area (Å²) in [5, 5.41) is 9.42. The monoisotopic (exact) mass is 449 g/mol. The van der Waals surface area contributed by atoms with Crippen molar-refractivity contribution in [2.24, 2.45) is 18.7 Å². The normalized spacial score (nSPS) is 12.9. The highest BCUT2D eigenvalue weighted by atomic mass is 16.1. The molecule has 0 bridgehead atoms. The summed E-state index contributed by atoms with van der Waals surface area (Å²) in [4.78, 5) is 31.0. The van der Waals surface area contributed by atoms with Crippen molar-refractivity contribution in [2.75, 3.05) is 11.4 Å². The minimum Gasteiger partial charge on any atom is -0.366 e. The molecule has 1 amide bonds. The number of nitrogens with zero attached hydrogens (tertiary/aromatic N) is 4. The standard InChI is InChI=1S/C27H23N5O2/c1-31-23-12-11-21(15-28)30-26(23)24(14-25(31)33)32(16-17-5-6-17)22-4-2-3-20(13-22)18-7-9-19(10-8-18)27(29)34/h2-4,7-14,17H,5-6,16H2,1H3,(H2,29,34). The van der Waals surface area contributed by atoms with Crippen LogP contribution >= 0.6 is 0 Å². The van der Waals surface area contributed by atoms with Gasteiger partial charge in [-0.15, -0.1) is 0 Å². The molecular weight excluding hydrogens is 426 g/mol. The number of nitrogens with two attached hydrogens (primary N) is 1. The van der Waals surface area contributed by atoms with Crippen molar-refractivity contribution >= 4 is 28.3 Å². The minimum atomic E-state index is -0.460. The maximum Gasteiger partial charge on any atom is 0.252 e. The molecule has 4 aromatic rings. The molecule has 1 fully saturated rings. The number of anilines is 2. The smallest absolute Gasteiger partial charge is 0.252 e. The average molecular weight is 450 g/mol. The zero-order chi connectivity index (χ0) is 23.8. The molecule has 2 aromatic carbocycles. The van der Waals surface area contributed by atoms with Gasteiger partial charge < -0.3 is 15.2 Å². The first-order valence-corrected chi connectivity index (χ1v) is 11.1. The van der Waals surface area contributed by atoms with Crippen LogP contribution in [0.4, 0.5) is 11.4 Å². The van der Waals surface area contributed by atoms with Crippen LogP contribution in [0.3, 0.4) is 0 Å². The SMILES string of the molecule is Cn1c(=O)cc(N(CC2CC2)c2cccc(-c3ccc(C(N)=O)cc3)c2)c2nc(C#N)ccc21. The maximum atomic E-state index is 12.8. The van der Waals surface area contributed by atoms with Gasteiger partial charge in [-0.2, -0.15) is 5.26 Å². The fourth-order valence-electron chi connectivity index (χ4n) is 4.16. The lowest BCUT2D eigenvalue weighted by Gasteiger charge is -2.27. The quantitative estimate of drug-likeness (QED) is 0.477. The third-order valence-electron chi connectivity index (χ3n) is 6.27. The summed E-state index contributed by atoms with van der Waals surface area (Å²) in [6.45, 7) is 0.755. The van der Waals surface area contributed by atoms with Gasteiger partial charge in [0, 0.05) is 30.9 Å². The number of hydrogen-bond acceptors (Lipinski definition) is 5. The second-order valence-electron chi connectivity index (χ2n) is 8.65. The van der Waals surface area contributed by atoms with Crippen molar-refractivity contribution in [2.45, 2.75) is 12.8 Å². The van der Waals surface area contributed by atoms with Crippen molar-refractivity contribution < 1.29 is 4.79 Å². The molecule has 1 aliphatic rings. The number of pyridine rings is 2. The highest BCUT2D eigenvalue weighted by molar-refractivity contribution is 5.93. The summed E-state index contributed by atoms with van der Waals surface area (Å²) < 4.78 is 1.55. The number of aryl methyl sites for hydroxylation is 1. The summed E-state index contributed by atoms with van der Waals surface area (Å²) in [6.07, 6.45) is 2.29. The number of carbonyl (C=O) groups excluding carboxylic acids is 1. The molecule has 0 radical (unpaired) electrons. The second kappa shape index (κ2) is 8.49. The Hall–Kier alpha value is -4.44. The lowest BCUT2D eigenvalue weighted by molar-refractivity contribution is 0.100. The molecule has 0 spiro atoms. The number of rotatable bonds is 6. The van der Waals surface area contributed by atoms with Gasteiger partial charge in [-0.1, -0.05) is 24.3 Å². The number of benzene rings is 2. The highest BCUT2D eigenvalue weighted by Crippen LogP contribution is 2.38. The lowest BCUT2D eigenvalue weighted by atomic mass is 10.0. The number of fused-ring (bicyclic) bond motifs is 1. The van der Waals surface area contributed by atoms with E-state index in [1.165, 1.54) is 0 Å². The van der Waals surface area contributed by atoms with Crippen LogP contribution < -0.4 is 16.2 Å². The van der Waals surface area contributed by atoms with Crippen molar-refractivity contribution in [3.63, 3.8) is 0 Å². The Morgan fingerprint density at radius 1 is 1.12 bits per heavy atom. The zero-order valence-corrected chi connectivity index (χ0v) is 18.7. The van der Waals surface area contributed by atoms with E-state index in [4.69, 9.17) is 5.73 Å². The molecule has 0 atom stereocenters. The molecule has 34 heavy (non-hydrogen) atoms. The lowest BCUT2D eigenvalue weighted by Crippen LogP contribution is -2.25. The molecule has 2 aromatic heterocycles. The van der Waals surface area contributed by atoms with Crippen LogP contribution in [0, 0.1) is 17.2 Å². The molecule has 0 aliphatic heterocycles. The van der Waals surface area contributed by atoms with E-state index in [2.05, 4.69) is 22.0 Å². The van der Waals surface area contributed by atoms with Gasteiger partial charge in [-0.25, -0.2) is 4.98 Å². The number of aromatic nitrogens is 2. The van der Waals surface area contributed by atoms with E-state index in [1.54, 1.807) is 41.9 Å². The number of hydrogen-bond donors (Lipinski definition) is 1. The van der Waals surface area contributed by atoms with Gasteiger partial charge in [0.1, 0.15) is 17.3 Å². The Kier molecular flexibility index (Phi) is 5.34. The molecule has 2 N–H and O–H groups in total. The van der Waals surface area contributed by atoms with Gasteiger partial charge in [-0.05, 0) is 66.3 Å². The van der Waals surface area contributed by atoms with Gasteiger partial charge in [-0.3, -0.25) is 9.59 Å².